The number of carbonyl (C=O) groups is 1. The zero-order valence-electron chi connectivity index (χ0n) is 16.5. The average Bonchev–Trinajstić information content (AvgIpc) is 2.57. The lowest BCUT2D eigenvalue weighted by molar-refractivity contribution is -0.121. The van der Waals surface area contributed by atoms with E-state index in [1.165, 1.54) is 51.7 Å². The molecule has 0 aromatic carbocycles. The highest BCUT2D eigenvalue weighted by Gasteiger charge is 2.47. The van der Waals surface area contributed by atoms with E-state index in [1.54, 1.807) is 0 Å². The molecule has 3 aliphatic rings. The van der Waals surface area contributed by atoms with Crippen molar-refractivity contribution in [3.8, 4) is 0 Å². The zero-order chi connectivity index (χ0) is 17.8. The smallest absolute Gasteiger partial charge is 0.220 e. The molecule has 25 heavy (non-hydrogen) atoms. The minimum atomic E-state index is 0.223. The Morgan fingerprint density at radius 2 is 1.96 bits per heavy atom. The maximum absolute atomic E-state index is 12.0. The van der Waals surface area contributed by atoms with Crippen LogP contribution in [0.25, 0.3) is 0 Å². The van der Waals surface area contributed by atoms with E-state index in [4.69, 9.17) is 0 Å². The molecule has 0 saturated carbocycles. The monoisotopic (exact) mass is 350 g/mol. The summed E-state index contributed by atoms with van der Waals surface area (Å²) in [4.78, 5) is 19.6. The van der Waals surface area contributed by atoms with Gasteiger partial charge in [0.25, 0.3) is 0 Å². The maximum atomic E-state index is 12.0. The van der Waals surface area contributed by atoms with Crippen LogP contribution in [-0.2, 0) is 4.79 Å². The fourth-order valence-corrected chi connectivity index (χ4v) is 5.62. The highest BCUT2D eigenvalue weighted by Crippen LogP contribution is 2.42. The lowest BCUT2D eigenvalue weighted by Gasteiger charge is -2.57. The summed E-state index contributed by atoms with van der Waals surface area (Å²) in [5, 5.41) is 3.05. The summed E-state index contributed by atoms with van der Waals surface area (Å²) in [6.45, 7) is 5.58. The summed E-state index contributed by atoms with van der Waals surface area (Å²) in [6, 6.07) is 1.51. The van der Waals surface area contributed by atoms with Gasteiger partial charge < -0.3 is 15.1 Å². The Morgan fingerprint density at radius 1 is 1.20 bits per heavy atom. The van der Waals surface area contributed by atoms with E-state index in [0.29, 0.717) is 12.5 Å². The van der Waals surface area contributed by atoms with Gasteiger partial charge in [0.1, 0.15) is 0 Å². The number of likely N-dealkylation sites (N-methyl/N-ethyl adjacent to an activating group) is 1. The van der Waals surface area contributed by atoms with Crippen molar-refractivity contribution in [1.82, 2.24) is 20.0 Å². The molecular weight excluding hydrogens is 312 g/mol. The summed E-state index contributed by atoms with van der Waals surface area (Å²) >= 11 is 0. The molecule has 0 aromatic rings. The van der Waals surface area contributed by atoms with Crippen molar-refractivity contribution in [2.75, 3.05) is 53.9 Å². The summed E-state index contributed by atoms with van der Waals surface area (Å²) in [7, 11) is 6.40. The van der Waals surface area contributed by atoms with Crippen LogP contribution >= 0.6 is 0 Å². The second kappa shape index (κ2) is 8.83. The van der Waals surface area contributed by atoms with Crippen molar-refractivity contribution >= 4 is 5.91 Å². The quantitative estimate of drug-likeness (QED) is 0.758. The van der Waals surface area contributed by atoms with Crippen LogP contribution in [0.3, 0.4) is 0 Å². The summed E-state index contributed by atoms with van der Waals surface area (Å²) in [6.07, 6.45) is 8.45. The van der Waals surface area contributed by atoms with Gasteiger partial charge in [0.05, 0.1) is 0 Å². The van der Waals surface area contributed by atoms with Crippen molar-refractivity contribution in [2.45, 2.75) is 57.0 Å². The number of amides is 1. The van der Waals surface area contributed by atoms with E-state index in [-0.39, 0.29) is 5.91 Å². The first-order valence-electron chi connectivity index (χ1n) is 10.4. The third kappa shape index (κ3) is 4.75. The lowest BCUT2D eigenvalue weighted by Crippen LogP contribution is -2.63. The van der Waals surface area contributed by atoms with Crippen LogP contribution in [0, 0.1) is 11.8 Å². The maximum Gasteiger partial charge on any atom is 0.220 e. The van der Waals surface area contributed by atoms with E-state index in [2.05, 4.69) is 27.1 Å². The van der Waals surface area contributed by atoms with Gasteiger partial charge in [0.15, 0.2) is 0 Å². The molecule has 0 unspecified atom stereocenters. The van der Waals surface area contributed by atoms with Crippen LogP contribution in [0.1, 0.15) is 44.9 Å². The molecule has 5 heteroatoms. The number of likely N-dealkylation sites (tertiary alicyclic amines) is 1. The largest absolute Gasteiger partial charge is 0.355 e. The predicted octanol–water partition coefficient (Wildman–Crippen LogP) is 1.64. The van der Waals surface area contributed by atoms with Gasteiger partial charge in [-0.2, -0.15) is 0 Å². The number of nitrogens with zero attached hydrogens (tertiary/aromatic N) is 3. The fourth-order valence-electron chi connectivity index (χ4n) is 5.62. The van der Waals surface area contributed by atoms with Crippen molar-refractivity contribution in [1.29, 1.82) is 0 Å². The molecule has 3 heterocycles. The van der Waals surface area contributed by atoms with E-state index in [1.807, 2.05) is 14.1 Å². The Bertz CT molecular complexity index is 439. The Morgan fingerprint density at radius 3 is 2.72 bits per heavy atom. The van der Waals surface area contributed by atoms with Gasteiger partial charge in [-0.05, 0) is 84.6 Å². The average molecular weight is 351 g/mol. The topological polar surface area (TPSA) is 38.8 Å². The first-order chi connectivity index (χ1) is 12.1. The van der Waals surface area contributed by atoms with Crippen LogP contribution in [-0.4, -0.2) is 86.6 Å². The van der Waals surface area contributed by atoms with Gasteiger partial charge in [-0.25, -0.2) is 0 Å². The third-order valence-corrected chi connectivity index (χ3v) is 6.71. The highest BCUT2D eigenvalue weighted by molar-refractivity contribution is 5.75. The highest BCUT2D eigenvalue weighted by atomic mass is 16.1. The SMILES string of the molecule is CN(C)CCNC(=O)CCC[C@@H]1[C@H]2CCCN3CCC[C@@H](CN1C)[C@@H]23. The minimum absolute atomic E-state index is 0.223. The first kappa shape index (κ1) is 19.1. The number of piperidine rings is 3. The van der Waals surface area contributed by atoms with Gasteiger partial charge in [0.2, 0.25) is 5.91 Å². The molecule has 4 atom stereocenters. The molecular formula is C20H38N4O. The molecule has 0 spiro atoms. The number of nitrogens with one attached hydrogen (secondary N) is 1. The molecule has 1 N–H and O–H groups in total. The Balaban J connectivity index is 1.47. The van der Waals surface area contributed by atoms with Crippen molar-refractivity contribution in [3.05, 3.63) is 0 Å². The van der Waals surface area contributed by atoms with Crippen molar-refractivity contribution < 1.29 is 4.79 Å². The predicted molar refractivity (Wildman–Crippen MR) is 103 cm³/mol. The van der Waals surface area contributed by atoms with Gasteiger partial charge in [-0.1, -0.05) is 0 Å². The van der Waals surface area contributed by atoms with Gasteiger partial charge >= 0.3 is 0 Å². The van der Waals surface area contributed by atoms with E-state index in [0.717, 1.165) is 37.4 Å². The van der Waals surface area contributed by atoms with E-state index in [9.17, 15) is 4.79 Å². The molecule has 0 aromatic heterocycles. The molecule has 3 fully saturated rings. The van der Waals surface area contributed by atoms with Crippen molar-refractivity contribution in [3.63, 3.8) is 0 Å². The van der Waals surface area contributed by atoms with E-state index < -0.39 is 0 Å². The molecule has 5 nitrogen and oxygen atoms in total. The van der Waals surface area contributed by atoms with Gasteiger partial charge in [0, 0.05) is 38.1 Å². The molecule has 3 aliphatic heterocycles. The first-order valence-corrected chi connectivity index (χ1v) is 10.4. The second-order valence-electron chi connectivity index (χ2n) is 8.79. The Kier molecular flexibility index (Phi) is 6.75. The number of rotatable bonds is 7. The normalized spacial score (nSPS) is 33.3. The molecule has 3 saturated heterocycles. The van der Waals surface area contributed by atoms with Gasteiger partial charge in [-0.15, -0.1) is 0 Å². The van der Waals surface area contributed by atoms with Crippen LogP contribution < -0.4 is 5.32 Å². The summed E-state index contributed by atoms with van der Waals surface area (Å²) < 4.78 is 0. The van der Waals surface area contributed by atoms with Crippen LogP contribution in [0.2, 0.25) is 0 Å². The van der Waals surface area contributed by atoms with Crippen LogP contribution in [0.4, 0.5) is 0 Å². The molecule has 0 radical (unpaired) electrons. The molecule has 3 rings (SSSR count). The standard InChI is InChI=1S/C20H38N4O/c1-22(2)14-11-21-19(25)10-4-9-18-17-8-6-13-24-12-5-7-16(20(17)24)15-23(18)3/h16-18,20H,4-15H2,1-3H3,(H,21,25)/t16-,17+,18+,20-/m0/s1. The molecule has 144 valence electrons. The van der Waals surface area contributed by atoms with Gasteiger partial charge in [-0.3, -0.25) is 9.69 Å². The second-order valence-corrected chi connectivity index (χ2v) is 8.79. The number of hydrogen-bond donors (Lipinski definition) is 1. The summed E-state index contributed by atoms with van der Waals surface area (Å²) in [5.41, 5.74) is 0. The summed E-state index contributed by atoms with van der Waals surface area (Å²) in [5.74, 6) is 1.94. The third-order valence-electron chi connectivity index (χ3n) is 6.71. The van der Waals surface area contributed by atoms with Crippen molar-refractivity contribution in [2.24, 2.45) is 11.8 Å². The number of carbonyl (C=O) groups excluding carboxylic acids is 1. The minimum Gasteiger partial charge on any atom is -0.355 e. The zero-order valence-corrected chi connectivity index (χ0v) is 16.5. The fraction of sp³-hybridized carbons (Fsp3) is 0.950. The Hall–Kier alpha value is -0.650. The molecule has 1 amide bonds. The molecule has 0 bridgehead atoms. The molecule has 0 aliphatic carbocycles. The van der Waals surface area contributed by atoms with Crippen LogP contribution in [0.15, 0.2) is 0 Å². The number of hydrogen-bond acceptors (Lipinski definition) is 4. The Labute approximate surface area is 154 Å². The lowest BCUT2D eigenvalue weighted by atomic mass is 9.69. The van der Waals surface area contributed by atoms with Crippen LogP contribution in [0.5, 0.6) is 0 Å². The van der Waals surface area contributed by atoms with E-state index >= 15 is 0 Å².